The Labute approximate surface area is 102 Å². The summed E-state index contributed by atoms with van der Waals surface area (Å²) in [6, 6.07) is 0. The van der Waals surface area contributed by atoms with Crippen LogP contribution >= 0.6 is 31.9 Å². The van der Waals surface area contributed by atoms with Crippen molar-refractivity contribution in [3.05, 3.63) is 15.9 Å². The first-order valence-corrected chi connectivity index (χ1v) is 6.59. The molecule has 0 radical (unpaired) electrons. The van der Waals surface area contributed by atoms with E-state index in [4.69, 9.17) is 0 Å². The van der Waals surface area contributed by atoms with E-state index in [-0.39, 0.29) is 0 Å². The summed E-state index contributed by atoms with van der Waals surface area (Å²) in [5, 5.41) is 4.37. The molecule has 0 spiro atoms. The van der Waals surface area contributed by atoms with Crippen LogP contribution in [0.4, 0.5) is 0 Å². The lowest BCUT2D eigenvalue weighted by molar-refractivity contribution is 0.662. The summed E-state index contributed by atoms with van der Waals surface area (Å²) in [6.07, 6.45) is 3.41. The monoisotopic (exact) mass is 322 g/mol. The van der Waals surface area contributed by atoms with Gasteiger partial charge in [0.15, 0.2) is 0 Å². The van der Waals surface area contributed by atoms with E-state index in [2.05, 4.69) is 43.9 Å². The van der Waals surface area contributed by atoms with Crippen molar-refractivity contribution in [3.63, 3.8) is 0 Å². The third kappa shape index (κ3) is 2.83. The van der Waals surface area contributed by atoms with Crippen LogP contribution in [0.25, 0.3) is 0 Å². The summed E-state index contributed by atoms with van der Waals surface area (Å²) in [4.78, 5) is 0.615. The number of hydrogen-bond donors (Lipinski definition) is 0. The lowest BCUT2D eigenvalue weighted by Crippen LogP contribution is -2.03. The average molecular weight is 324 g/mol. The van der Waals surface area contributed by atoms with Crippen LogP contribution in [-0.2, 0) is 13.5 Å². The van der Waals surface area contributed by atoms with E-state index < -0.39 is 0 Å². The standard InChI is InChI=1S/C10H16Br2N2/c1-4-8(11)5-6-9-10(12)7(2)13-14(9)3/h8H,4-6H2,1-3H3. The summed E-state index contributed by atoms with van der Waals surface area (Å²) in [5.74, 6) is 0. The van der Waals surface area contributed by atoms with Crippen LogP contribution < -0.4 is 0 Å². The molecule has 0 N–H and O–H groups in total. The molecule has 1 atom stereocenters. The SMILES string of the molecule is CCC(Br)CCc1c(Br)c(C)nn1C. The van der Waals surface area contributed by atoms with Gasteiger partial charge in [-0.15, -0.1) is 0 Å². The number of alkyl halides is 1. The fourth-order valence-corrected chi connectivity index (χ4v) is 2.21. The number of nitrogens with zero attached hydrogens (tertiary/aromatic N) is 2. The minimum absolute atomic E-state index is 0.615. The molecule has 0 bridgehead atoms. The minimum Gasteiger partial charge on any atom is -0.271 e. The molecule has 1 unspecified atom stereocenters. The molecule has 1 rings (SSSR count). The summed E-state index contributed by atoms with van der Waals surface area (Å²) < 4.78 is 3.13. The zero-order valence-electron chi connectivity index (χ0n) is 8.85. The van der Waals surface area contributed by atoms with Crippen molar-refractivity contribution in [2.24, 2.45) is 7.05 Å². The van der Waals surface area contributed by atoms with Crippen LogP contribution in [0, 0.1) is 6.92 Å². The summed E-state index contributed by atoms with van der Waals surface area (Å²) in [7, 11) is 2.00. The molecule has 80 valence electrons. The molecule has 0 aliphatic heterocycles. The van der Waals surface area contributed by atoms with Gasteiger partial charge in [0.05, 0.1) is 15.9 Å². The highest BCUT2D eigenvalue weighted by molar-refractivity contribution is 9.10. The predicted molar refractivity (Wildman–Crippen MR) is 67.0 cm³/mol. The maximum Gasteiger partial charge on any atom is 0.0738 e. The van der Waals surface area contributed by atoms with Crippen LogP contribution in [0.3, 0.4) is 0 Å². The van der Waals surface area contributed by atoms with E-state index in [1.54, 1.807) is 0 Å². The number of halogens is 2. The lowest BCUT2D eigenvalue weighted by atomic mass is 10.1. The van der Waals surface area contributed by atoms with Gasteiger partial charge in [0.2, 0.25) is 0 Å². The Morgan fingerprint density at radius 3 is 2.57 bits per heavy atom. The van der Waals surface area contributed by atoms with Gasteiger partial charge in [-0.2, -0.15) is 5.10 Å². The molecule has 14 heavy (non-hydrogen) atoms. The second-order valence-electron chi connectivity index (χ2n) is 3.51. The minimum atomic E-state index is 0.615. The lowest BCUT2D eigenvalue weighted by Gasteiger charge is -2.06. The third-order valence-corrected chi connectivity index (χ3v) is 4.54. The molecule has 0 aliphatic carbocycles. The topological polar surface area (TPSA) is 17.8 Å². The van der Waals surface area contributed by atoms with Crippen molar-refractivity contribution in [1.29, 1.82) is 0 Å². The Bertz CT molecular complexity index is 307. The Morgan fingerprint density at radius 2 is 2.14 bits per heavy atom. The van der Waals surface area contributed by atoms with Crippen LogP contribution in [0.5, 0.6) is 0 Å². The van der Waals surface area contributed by atoms with Crippen molar-refractivity contribution in [2.75, 3.05) is 0 Å². The van der Waals surface area contributed by atoms with Gasteiger partial charge < -0.3 is 0 Å². The van der Waals surface area contributed by atoms with E-state index >= 15 is 0 Å². The van der Waals surface area contributed by atoms with Crippen LogP contribution in [0.15, 0.2) is 4.47 Å². The van der Waals surface area contributed by atoms with Gasteiger partial charge in [0.25, 0.3) is 0 Å². The highest BCUT2D eigenvalue weighted by atomic mass is 79.9. The quantitative estimate of drug-likeness (QED) is 0.774. The molecule has 2 nitrogen and oxygen atoms in total. The molecule has 0 fully saturated rings. The van der Waals surface area contributed by atoms with Crippen LogP contribution in [0.2, 0.25) is 0 Å². The van der Waals surface area contributed by atoms with Gasteiger partial charge in [-0.1, -0.05) is 22.9 Å². The molecule has 0 amide bonds. The Kier molecular flexibility index (Phi) is 4.64. The summed E-state index contributed by atoms with van der Waals surface area (Å²) in [6.45, 7) is 4.22. The normalized spacial score (nSPS) is 13.2. The van der Waals surface area contributed by atoms with Crippen molar-refractivity contribution in [1.82, 2.24) is 9.78 Å². The molecule has 0 saturated carbocycles. The number of aromatic nitrogens is 2. The van der Waals surface area contributed by atoms with E-state index in [9.17, 15) is 0 Å². The van der Waals surface area contributed by atoms with Gasteiger partial charge in [-0.25, -0.2) is 0 Å². The molecule has 1 aromatic rings. The van der Waals surface area contributed by atoms with E-state index in [1.807, 2.05) is 18.7 Å². The number of rotatable bonds is 4. The molecule has 0 aliphatic rings. The molecule has 0 saturated heterocycles. The highest BCUT2D eigenvalue weighted by Crippen LogP contribution is 2.23. The smallest absolute Gasteiger partial charge is 0.0738 e. The van der Waals surface area contributed by atoms with Crippen molar-refractivity contribution in [3.8, 4) is 0 Å². The first kappa shape index (κ1) is 12.2. The summed E-state index contributed by atoms with van der Waals surface area (Å²) >= 11 is 7.22. The maximum absolute atomic E-state index is 4.37. The molecule has 1 aromatic heterocycles. The van der Waals surface area contributed by atoms with Crippen molar-refractivity contribution >= 4 is 31.9 Å². The van der Waals surface area contributed by atoms with Gasteiger partial charge >= 0.3 is 0 Å². The molecular formula is C10H16Br2N2. The molecule has 1 heterocycles. The Morgan fingerprint density at radius 1 is 1.50 bits per heavy atom. The molecular weight excluding hydrogens is 308 g/mol. The van der Waals surface area contributed by atoms with Gasteiger partial charge in [0.1, 0.15) is 0 Å². The fourth-order valence-electron chi connectivity index (χ4n) is 1.45. The average Bonchev–Trinajstić information content (AvgIpc) is 2.39. The zero-order valence-corrected chi connectivity index (χ0v) is 12.0. The van der Waals surface area contributed by atoms with Crippen molar-refractivity contribution in [2.45, 2.75) is 37.9 Å². The van der Waals surface area contributed by atoms with Gasteiger partial charge in [0, 0.05) is 11.9 Å². The Hall–Kier alpha value is 0.170. The molecule has 0 aromatic carbocycles. The first-order chi connectivity index (χ1) is 6.56. The molecule has 4 heteroatoms. The second-order valence-corrected chi connectivity index (χ2v) is 5.60. The van der Waals surface area contributed by atoms with E-state index in [0.29, 0.717) is 4.83 Å². The van der Waals surface area contributed by atoms with Crippen LogP contribution in [-0.4, -0.2) is 14.6 Å². The third-order valence-electron chi connectivity index (χ3n) is 2.40. The highest BCUT2D eigenvalue weighted by Gasteiger charge is 2.11. The number of aryl methyl sites for hydroxylation is 2. The van der Waals surface area contributed by atoms with Gasteiger partial charge in [-0.3, -0.25) is 4.68 Å². The number of hydrogen-bond acceptors (Lipinski definition) is 1. The maximum atomic E-state index is 4.37. The van der Waals surface area contributed by atoms with Crippen LogP contribution in [0.1, 0.15) is 31.2 Å². The first-order valence-electron chi connectivity index (χ1n) is 4.88. The zero-order chi connectivity index (χ0) is 10.7. The van der Waals surface area contributed by atoms with Crippen molar-refractivity contribution < 1.29 is 0 Å². The fraction of sp³-hybridized carbons (Fsp3) is 0.700. The summed E-state index contributed by atoms with van der Waals surface area (Å²) in [5.41, 5.74) is 2.37. The van der Waals surface area contributed by atoms with E-state index in [1.165, 1.54) is 12.1 Å². The Balaban J connectivity index is 2.67. The van der Waals surface area contributed by atoms with Gasteiger partial charge in [-0.05, 0) is 42.1 Å². The largest absolute Gasteiger partial charge is 0.271 e. The second kappa shape index (κ2) is 5.31. The predicted octanol–water partition coefficient (Wildman–Crippen LogP) is 3.60. The van der Waals surface area contributed by atoms with E-state index in [0.717, 1.165) is 23.0 Å².